The molecule has 0 spiro atoms. The molecule has 152 valence electrons. The van der Waals surface area contributed by atoms with E-state index < -0.39 is 0 Å². The number of ether oxygens (including phenoxy) is 3. The van der Waals surface area contributed by atoms with Crippen LogP contribution in [0.1, 0.15) is 54.3 Å². The Hall–Kier alpha value is -2.60. The predicted octanol–water partition coefficient (Wildman–Crippen LogP) is 5.09. The van der Waals surface area contributed by atoms with Crippen LogP contribution in [0.2, 0.25) is 0 Å². The molecular formula is C23H24O5S. The highest BCUT2D eigenvalue weighted by Crippen LogP contribution is 2.36. The molecule has 1 aliphatic heterocycles. The van der Waals surface area contributed by atoms with E-state index in [1.165, 1.54) is 17.6 Å². The van der Waals surface area contributed by atoms with Crippen LogP contribution in [0, 0.1) is 5.92 Å². The second kappa shape index (κ2) is 8.41. The lowest BCUT2D eigenvalue weighted by atomic mass is 9.80. The van der Waals surface area contributed by atoms with Gasteiger partial charge >= 0.3 is 5.97 Å². The lowest BCUT2D eigenvalue weighted by Gasteiger charge is -2.36. The molecule has 0 N–H and O–H groups in total. The SMILES string of the molecule is CC(C)c1ccccc1OC1=COC2CC(OC(=O)c3cccs3)CCC2C1=O. The molecule has 2 aliphatic rings. The van der Waals surface area contributed by atoms with E-state index in [1.54, 1.807) is 6.07 Å². The molecule has 0 amide bonds. The van der Waals surface area contributed by atoms with Crippen LogP contribution in [-0.2, 0) is 14.3 Å². The van der Waals surface area contributed by atoms with Crippen molar-refractivity contribution in [3.05, 3.63) is 64.2 Å². The van der Waals surface area contributed by atoms with Gasteiger partial charge in [-0.25, -0.2) is 4.79 Å². The van der Waals surface area contributed by atoms with E-state index in [4.69, 9.17) is 14.2 Å². The van der Waals surface area contributed by atoms with E-state index in [1.807, 2.05) is 35.7 Å². The topological polar surface area (TPSA) is 61.8 Å². The lowest BCUT2D eigenvalue weighted by molar-refractivity contribution is -0.132. The van der Waals surface area contributed by atoms with Crippen LogP contribution in [-0.4, -0.2) is 24.0 Å². The van der Waals surface area contributed by atoms with Crippen molar-refractivity contribution in [2.24, 2.45) is 5.92 Å². The molecule has 0 saturated heterocycles. The van der Waals surface area contributed by atoms with Crippen molar-refractivity contribution in [1.82, 2.24) is 0 Å². The fraction of sp³-hybridized carbons (Fsp3) is 0.391. The molecule has 1 saturated carbocycles. The fourth-order valence-corrected chi connectivity index (χ4v) is 4.49. The van der Waals surface area contributed by atoms with Crippen molar-refractivity contribution < 1.29 is 23.8 Å². The standard InChI is InChI=1S/C23H24O5S/c1-14(2)16-6-3-4-7-18(16)28-20-13-26-19-12-15(9-10-17(19)22(20)24)27-23(25)21-8-5-11-29-21/h3-8,11,13-15,17,19H,9-10,12H2,1-2H3. The van der Waals surface area contributed by atoms with Gasteiger partial charge in [-0.2, -0.15) is 0 Å². The maximum absolute atomic E-state index is 13.0. The number of carbonyl (C=O) groups is 2. The molecule has 1 aromatic heterocycles. The molecule has 1 aliphatic carbocycles. The van der Waals surface area contributed by atoms with Gasteiger partial charge < -0.3 is 14.2 Å². The van der Waals surface area contributed by atoms with Crippen molar-refractivity contribution >= 4 is 23.1 Å². The van der Waals surface area contributed by atoms with E-state index in [0.29, 0.717) is 29.9 Å². The highest BCUT2D eigenvalue weighted by atomic mass is 32.1. The lowest BCUT2D eigenvalue weighted by Crippen LogP contribution is -2.43. The summed E-state index contributed by atoms with van der Waals surface area (Å²) in [5, 5.41) is 1.85. The van der Waals surface area contributed by atoms with Gasteiger partial charge in [-0.15, -0.1) is 11.3 Å². The molecule has 5 nitrogen and oxygen atoms in total. The summed E-state index contributed by atoms with van der Waals surface area (Å²) in [7, 11) is 0. The molecule has 1 aromatic carbocycles. The van der Waals surface area contributed by atoms with E-state index in [9.17, 15) is 9.59 Å². The Morgan fingerprint density at radius 3 is 2.76 bits per heavy atom. The number of rotatable bonds is 5. The molecule has 6 heteroatoms. The molecule has 1 fully saturated rings. The second-order valence-corrected chi connectivity index (χ2v) is 8.69. The largest absolute Gasteiger partial charge is 0.493 e. The van der Waals surface area contributed by atoms with E-state index >= 15 is 0 Å². The number of carbonyl (C=O) groups excluding carboxylic acids is 2. The molecular weight excluding hydrogens is 388 g/mol. The van der Waals surface area contributed by atoms with Crippen LogP contribution < -0.4 is 4.74 Å². The van der Waals surface area contributed by atoms with Gasteiger partial charge in [0.05, 0.1) is 5.92 Å². The summed E-state index contributed by atoms with van der Waals surface area (Å²) in [6.45, 7) is 4.18. The number of hydrogen-bond donors (Lipinski definition) is 0. The number of ketones is 1. The molecule has 0 radical (unpaired) electrons. The van der Waals surface area contributed by atoms with E-state index in [2.05, 4.69) is 13.8 Å². The first-order valence-electron chi connectivity index (χ1n) is 9.94. The van der Waals surface area contributed by atoms with Gasteiger partial charge in [0.25, 0.3) is 0 Å². The highest BCUT2D eigenvalue weighted by Gasteiger charge is 2.42. The molecule has 4 rings (SSSR count). The smallest absolute Gasteiger partial charge is 0.348 e. The van der Waals surface area contributed by atoms with E-state index in [0.717, 1.165) is 5.56 Å². The van der Waals surface area contributed by atoms with Crippen LogP contribution in [0.25, 0.3) is 0 Å². The van der Waals surface area contributed by atoms with Crippen LogP contribution in [0.3, 0.4) is 0 Å². The van der Waals surface area contributed by atoms with Gasteiger partial charge in [0.1, 0.15) is 29.1 Å². The molecule has 0 bridgehead atoms. The third-order valence-corrected chi connectivity index (χ3v) is 6.28. The predicted molar refractivity (Wildman–Crippen MR) is 110 cm³/mol. The Labute approximate surface area is 174 Å². The maximum atomic E-state index is 13.0. The Morgan fingerprint density at radius 1 is 1.17 bits per heavy atom. The maximum Gasteiger partial charge on any atom is 0.348 e. The quantitative estimate of drug-likeness (QED) is 0.641. The number of para-hydroxylation sites is 1. The van der Waals surface area contributed by atoms with Gasteiger partial charge in [0.15, 0.2) is 0 Å². The average Bonchev–Trinajstić information content (AvgIpc) is 3.25. The van der Waals surface area contributed by atoms with Gasteiger partial charge in [-0.1, -0.05) is 38.1 Å². The van der Waals surface area contributed by atoms with Crippen molar-refractivity contribution in [2.75, 3.05) is 0 Å². The molecule has 29 heavy (non-hydrogen) atoms. The summed E-state index contributed by atoms with van der Waals surface area (Å²) in [6, 6.07) is 11.3. The molecule has 3 atom stereocenters. The molecule has 2 heterocycles. The van der Waals surface area contributed by atoms with Crippen molar-refractivity contribution in [3.63, 3.8) is 0 Å². The summed E-state index contributed by atoms with van der Waals surface area (Å²) in [4.78, 5) is 25.8. The number of fused-ring (bicyclic) bond motifs is 1. The number of hydrogen-bond acceptors (Lipinski definition) is 6. The van der Waals surface area contributed by atoms with E-state index in [-0.39, 0.29) is 41.6 Å². The minimum atomic E-state index is -0.310. The Bertz CT molecular complexity index is 915. The normalized spacial score (nSPS) is 23.8. The first kappa shape index (κ1) is 19.7. The highest BCUT2D eigenvalue weighted by molar-refractivity contribution is 7.11. The number of thiophene rings is 1. The Kier molecular flexibility index (Phi) is 5.72. The zero-order valence-corrected chi connectivity index (χ0v) is 17.3. The monoisotopic (exact) mass is 412 g/mol. The van der Waals surface area contributed by atoms with Gasteiger partial charge in [0, 0.05) is 6.42 Å². The van der Waals surface area contributed by atoms with Crippen LogP contribution in [0.4, 0.5) is 0 Å². The third kappa shape index (κ3) is 4.22. The number of Topliss-reactive ketones (excluding diaryl/α,β-unsaturated/α-hetero) is 1. The van der Waals surface area contributed by atoms with Crippen LogP contribution in [0.15, 0.2) is 53.8 Å². The van der Waals surface area contributed by atoms with Crippen LogP contribution in [0.5, 0.6) is 5.75 Å². The zero-order chi connectivity index (χ0) is 20.4. The molecule has 2 aromatic rings. The van der Waals surface area contributed by atoms with Crippen LogP contribution >= 0.6 is 11.3 Å². The summed E-state index contributed by atoms with van der Waals surface area (Å²) in [6.07, 6.45) is 2.66. The first-order chi connectivity index (χ1) is 14.0. The summed E-state index contributed by atoms with van der Waals surface area (Å²) in [5.74, 6) is 0.597. The zero-order valence-electron chi connectivity index (χ0n) is 16.5. The fourth-order valence-electron chi connectivity index (χ4n) is 3.89. The first-order valence-corrected chi connectivity index (χ1v) is 10.8. The van der Waals surface area contributed by atoms with Gasteiger partial charge in [0.2, 0.25) is 11.5 Å². The van der Waals surface area contributed by atoms with Gasteiger partial charge in [-0.3, -0.25) is 4.79 Å². The number of esters is 1. The Morgan fingerprint density at radius 2 is 2.00 bits per heavy atom. The average molecular weight is 413 g/mol. The minimum Gasteiger partial charge on any atom is -0.493 e. The summed E-state index contributed by atoms with van der Waals surface area (Å²) < 4.78 is 17.4. The van der Waals surface area contributed by atoms with Crippen molar-refractivity contribution in [3.8, 4) is 5.75 Å². The summed E-state index contributed by atoms with van der Waals surface area (Å²) >= 11 is 1.36. The third-order valence-electron chi connectivity index (χ3n) is 5.43. The number of allylic oxidation sites excluding steroid dienone is 1. The van der Waals surface area contributed by atoms with Crippen molar-refractivity contribution in [2.45, 2.75) is 51.2 Å². The number of benzene rings is 1. The van der Waals surface area contributed by atoms with Gasteiger partial charge in [-0.05, 0) is 41.8 Å². The molecule has 3 unspecified atom stereocenters. The Balaban J connectivity index is 1.42. The van der Waals surface area contributed by atoms with Crippen molar-refractivity contribution in [1.29, 1.82) is 0 Å². The second-order valence-electron chi connectivity index (χ2n) is 7.74. The summed E-state index contributed by atoms with van der Waals surface area (Å²) in [5.41, 5.74) is 1.05. The minimum absolute atomic E-state index is 0.0390.